The van der Waals surface area contributed by atoms with Gasteiger partial charge in [0, 0.05) is 11.6 Å². The summed E-state index contributed by atoms with van der Waals surface area (Å²) in [5.74, 6) is -0.423. The molecule has 1 atom stereocenters. The molecule has 94 valence electrons. The summed E-state index contributed by atoms with van der Waals surface area (Å²) in [5.41, 5.74) is 1.35. The third-order valence-electron chi connectivity index (χ3n) is 2.63. The number of hydrogen-bond acceptors (Lipinski definition) is 3. The molecule has 0 amide bonds. The molecule has 1 unspecified atom stereocenters. The van der Waals surface area contributed by atoms with Gasteiger partial charge in [0.25, 0.3) is 10.1 Å². The van der Waals surface area contributed by atoms with E-state index in [1.165, 1.54) is 6.07 Å². The first-order valence-electron chi connectivity index (χ1n) is 5.30. The summed E-state index contributed by atoms with van der Waals surface area (Å²) in [6.07, 6.45) is 1.88. The van der Waals surface area contributed by atoms with Gasteiger partial charge in [-0.1, -0.05) is 17.7 Å². The molecule has 0 saturated carbocycles. The van der Waals surface area contributed by atoms with Gasteiger partial charge in [0.1, 0.15) is 5.75 Å². The molecule has 1 saturated heterocycles. The van der Waals surface area contributed by atoms with Crippen molar-refractivity contribution in [1.29, 1.82) is 0 Å². The zero-order chi connectivity index (χ0) is 12.5. The summed E-state index contributed by atoms with van der Waals surface area (Å²) < 4.78 is 36.0. The molecule has 0 aromatic heterocycles. The van der Waals surface area contributed by atoms with E-state index in [4.69, 9.17) is 20.9 Å². The second kappa shape index (κ2) is 4.94. The zero-order valence-electron chi connectivity index (χ0n) is 9.10. The maximum atomic E-state index is 10.8. The van der Waals surface area contributed by atoms with Crippen molar-refractivity contribution >= 4 is 21.7 Å². The summed E-state index contributed by atoms with van der Waals surface area (Å²) >= 11 is 5.93. The normalized spacial score (nSPS) is 20.7. The maximum absolute atomic E-state index is 10.8. The first-order chi connectivity index (χ1) is 7.94. The van der Waals surface area contributed by atoms with Gasteiger partial charge in [-0.2, -0.15) is 8.42 Å². The Balaban J connectivity index is 2.28. The molecule has 17 heavy (non-hydrogen) atoms. The Kier molecular flexibility index (Phi) is 3.73. The van der Waals surface area contributed by atoms with Gasteiger partial charge in [0.2, 0.25) is 0 Å². The van der Waals surface area contributed by atoms with Gasteiger partial charge in [0.05, 0.1) is 6.10 Å². The van der Waals surface area contributed by atoms with E-state index in [1.807, 2.05) is 0 Å². The molecule has 1 heterocycles. The minimum Gasteiger partial charge on any atom is -0.374 e. The van der Waals surface area contributed by atoms with Crippen LogP contribution in [0.4, 0.5) is 0 Å². The molecule has 1 aromatic carbocycles. The Hall–Kier alpha value is -0.620. The summed E-state index contributed by atoms with van der Waals surface area (Å²) in [5, 5.41) is 0.455. The highest BCUT2D eigenvalue weighted by Gasteiger charge is 2.19. The minimum absolute atomic E-state index is 0.0196. The Labute approximate surface area is 105 Å². The van der Waals surface area contributed by atoms with Crippen molar-refractivity contribution in [2.24, 2.45) is 0 Å². The number of rotatable bonds is 3. The SMILES string of the molecule is O=S(=O)(O)Cc1cc(Cl)cc(C2CCCO2)c1. The van der Waals surface area contributed by atoms with Crippen LogP contribution in [0.15, 0.2) is 18.2 Å². The van der Waals surface area contributed by atoms with E-state index in [-0.39, 0.29) is 6.10 Å². The number of halogens is 1. The third kappa shape index (κ3) is 3.67. The molecule has 0 radical (unpaired) electrons. The van der Waals surface area contributed by atoms with Gasteiger partial charge in [-0.25, -0.2) is 0 Å². The first kappa shape index (κ1) is 12.8. The highest BCUT2D eigenvalue weighted by Crippen LogP contribution is 2.31. The zero-order valence-corrected chi connectivity index (χ0v) is 10.7. The minimum atomic E-state index is -4.03. The lowest BCUT2D eigenvalue weighted by Gasteiger charge is -2.11. The van der Waals surface area contributed by atoms with Gasteiger partial charge >= 0.3 is 0 Å². The summed E-state index contributed by atoms with van der Waals surface area (Å²) in [6.45, 7) is 0.713. The van der Waals surface area contributed by atoms with Crippen molar-refractivity contribution in [3.8, 4) is 0 Å². The van der Waals surface area contributed by atoms with Crippen molar-refractivity contribution in [2.45, 2.75) is 24.7 Å². The molecule has 1 aliphatic heterocycles. The van der Waals surface area contributed by atoms with Crippen molar-refractivity contribution in [2.75, 3.05) is 6.61 Å². The molecule has 6 heteroatoms. The van der Waals surface area contributed by atoms with Gasteiger partial charge in [-0.15, -0.1) is 0 Å². The van der Waals surface area contributed by atoms with E-state index in [9.17, 15) is 8.42 Å². The monoisotopic (exact) mass is 276 g/mol. The van der Waals surface area contributed by atoms with Crippen molar-refractivity contribution in [3.63, 3.8) is 0 Å². The van der Waals surface area contributed by atoms with Gasteiger partial charge in [-0.05, 0) is 36.1 Å². The van der Waals surface area contributed by atoms with Crippen LogP contribution in [-0.4, -0.2) is 19.6 Å². The molecule has 4 nitrogen and oxygen atoms in total. The topological polar surface area (TPSA) is 63.6 Å². The fraction of sp³-hybridized carbons (Fsp3) is 0.455. The lowest BCUT2D eigenvalue weighted by atomic mass is 10.0. The van der Waals surface area contributed by atoms with E-state index < -0.39 is 15.9 Å². The predicted molar refractivity (Wildman–Crippen MR) is 64.6 cm³/mol. The lowest BCUT2D eigenvalue weighted by molar-refractivity contribution is 0.112. The van der Waals surface area contributed by atoms with Gasteiger partial charge in [0.15, 0.2) is 0 Å². The molecule has 0 aliphatic carbocycles. The van der Waals surface area contributed by atoms with Crippen LogP contribution in [0.5, 0.6) is 0 Å². The van der Waals surface area contributed by atoms with Crippen LogP contribution in [0.3, 0.4) is 0 Å². The smallest absolute Gasteiger partial charge is 0.269 e. The molecule has 1 N–H and O–H groups in total. The van der Waals surface area contributed by atoms with Gasteiger partial charge in [-0.3, -0.25) is 4.55 Å². The van der Waals surface area contributed by atoms with Crippen LogP contribution in [0.1, 0.15) is 30.1 Å². The molecule has 2 rings (SSSR count). The molecule has 1 aliphatic rings. The first-order valence-corrected chi connectivity index (χ1v) is 7.29. The highest BCUT2D eigenvalue weighted by molar-refractivity contribution is 7.85. The fourth-order valence-electron chi connectivity index (χ4n) is 2.00. The molecule has 0 bridgehead atoms. The maximum Gasteiger partial charge on any atom is 0.269 e. The van der Waals surface area contributed by atoms with Crippen LogP contribution < -0.4 is 0 Å². The standard InChI is InChI=1S/C11H13ClO4S/c12-10-5-8(7-17(13,14)15)4-9(6-10)11-2-1-3-16-11/h4-6,11H,1-3,7H2,(H,13,14,15). The molecule has 1 fully saturated rings. The van der Waals surface area contributed by atoms with Crippen LogP contribution in [0.2, 0.25) is 5.02 Å². The Morgan fingerprint density at radius 1 is 1.41 bits per heavy atom. The Bertz CT molecular complexity index is 506. The second-order valence-corrected chi connectivity index (χ2v) is 6.01. The third-order valence-corrected chi connectivity index (χ3v) is 3.55. The molecule has 0 spiro atoms. The molecular weight excluding hydrogens is 264 g/mol. The number of benzene rings is 1. The predicted octanol–water partition coefficient (Wildman–Crippen LogP) is 2.58. The number of hydrogen-bond donors (Lipinski definition) is 1. The number of ether oxygens (including phenoxy) is 1. The van der Waals surface area contributed by atoms with Crippen LogP contribution in [-0.2, 0) is 20.6 Å². The summed E-state index contributed by atoms with van der Waals surface area (Å²) in [7, 11) is -4.03. The largest absolute Gasteiger partial charge is 0.374 e. The molecular formula is C11H13ClO4S. The van der Waals surface area contributed by atoms with Crippen LogP contribution >= 0.6 is 11.6 Å². The highest BCUT2D eigenvalue weighted by atomic mass is 35.5. The van der Waals surface area contributed by atoms with Crippen LogP contribution in [0, 0.1) is 0 Å². The molecule has 1 aromatic rings. The van der Waals surface area contributed by atoms with E-state index >= 15 is 0 Å². The lowest BCUT2D eigenvalue weighted by Crippen LogP contribution is -2.03. The summed E-state index contributed by atoms with van der Waals surface area (Å²) in [6, 6.07) is 5.02. The van der Waals surface area contributed by atoms with Crippen molar-refractivity contribution < 1.29 is 17.7 Å². The second-order valence-electron chi connectivity index (χ2n) is 4.12. The van der Waals surface area contributed by atoms with Crippen molar-refractivity contribution in [1.82, 2.24) is 0 Å². The van der Waals surface area contributed by atoms with E-state index in [2.05, 4.69) is 0 Å². The average molecular weight is 277 g/mol. The van der Waals surface area contributed by atoms with Crippen LogP contribution in [0.25, 0.3) is 0 Å². The van der Waals surface area contributed by atoms with Crippen molar-refractivity contribution in [3.05, 3.63) is 34.3 Å². The Morgan fingerprint density at radius 3 is 2.76 bits per heavy atom. The Morgan fingerprint density at radius 2 is 2.18 bits per heavy atom. The van der Waals surface area contributed by atoms with E-state index in [0.717, 1.165) is 18.4 Å². The summed E-state index contributed by atoms with van der Waals surface area (Å²) in [4.78, 5) is 0. The fourth-order valence-corrected chi connectivity index (χ4v) is 2.85. The average Bonchev–Trinajstić information content (AvgIpc) is 2.65. The van der Waals surface area contributed by atoms with E-state index in [1.54, 1.807) is 12.1 Å². The quantitative estimate of drug-likeness (QED) is 0.862. The van der Waals surface area contributed by atoms with Gasteiger partial charge < -0.3 is 4.74 Å². The van der Waals surface area contributed by atoms with E-state index in [0.29, 0.717) is 17.2 Å².